The van der Waals surface area contributed by atoms with E-state index in [1.54, 1.807) is 6.07 Å². The summed E-state index contributed by atoms with van der Waals surface area (Å²) < 4.78 is 0. The average molecular weight is 223 g/mol. The van der Waals surface area contributed by atoms with Crippen molar-refractivity contribution in [3.63, 3.8) is 0 Å². The van der Waals surface area contributed by atoms with Crippen molar-refractivity contribution in [1.29, 1.82) is 0 Å². The van der Waals surface area contributed by atoms with Gasteiger partial charge in [-0.25, -0.2) is 0 Å². The summed E-state index contributed by atoms with van der Waals surface area (Å²) in [6.07, 6.45) is 4.94. The Labute approximate surface area is 94.9 Å². The molecular formula is C12H17NO3. The minimum atomic E-state index is -0.465. The van der Waals surface area contributed by atoms with Gasteiger partial charge >= 0.3 is 0 Å². The third-order valence-corrected chi connectivity index (χ3v) is 2.25. The maximum atomic E-state index is 9.52. The van der Waals surface area contributed by atoms with Crippen LogP contribution in [0.15, 0.2) is 24.3 Å². The molecule has 0 aromatic heterocycles. The van der Waals surface area contributed by atoms with Gasteiger partial charge in [0.15, 0.2) is 11.5 Å². The molecule has 4 N–H and O–H groups in total. The first kappa shape index (κ1) is 12.4. The van der Waals surface area contributed by atoms with E-state index in [9.17, 15) is 10.2 Å². The number of rotatable bonds is 5. The molecule has 4 nitrogen and oxygen atoms in total. The fourth-order valence-corrected chi connectivity index (χ4v) is 1.33. The topological polar surface area (TPSA) is 72.7 Å². The molecule has 0 bridgehead atoms. The molecule has 0 amide bonds. The van der Waals surface area contributed by atoms with Gasteiger partial charge in [0.25, 0.3) is 0 Å². The minimum absolute atomic E-state index is 0.265. The SMILES string of the molecule is C/C=C/CCNCc1ccc(O)c(O)c1O. The lowest BCUT2D eigenvalue weighted by molar-refractivity contribution is 0.364. The van der Waals surface area contributed by atoms with E-state index < -0.39 is 5.75 Å². The lowest BCUT2D eigenvalue weighted by atomic mass is 10.1. The quantitative estimate of drug-likeness (QED) is 0.349. The molecule has 1 rings (SSSR count). The molecule has 88 valence electrons. The number of hydrogen-bond acceptors (Lipinski definition) is 4. The number of allylic oxidation sites excluding steroid dienone is 1. The Morgan fingerprint density at radius 3 is 2.62 bits per heavy atom. The molecule has 1 aromatic carbocycles. The maximum absolute atomic E-state index is 9.52. The van der Waals surface area contributed by atoms with Gasteiger partial charge < -0.3 is 20.6 Å². The normalized spacial score (nSPS) is 11.1. The third kappa shape index (κ3) is 3.17. The van der Waals surface area contributed by atoms with Crippen molar-refractivity contribution in [2.24, 2.45) is 0 Å². The van der Waals surface area contributed by atoms with Crippen molar-refractivity contribution in [1.82, 2.24) is 5.32 Å². The molecule has 0 aliphatic rings. The van der Waals surface area contributed by atoms with Crippen LogP contribution < -0.4 is 5.32 Å². The molecule has 0 aliphatic heterocycles. The largest absolute Gasteiger partial charge is 0.504 e. The van der Waals surface area contributed by atoms with Gasteiger partial charge in [0, 0.05) is 12.1 Å². The molecule has 4 heteroatoms. The van der Waals surface area contributed by atoms with Crippen LogP contribution in [0.25, 0.3) is 0 Å². The summed E-state index contributed by atoms with van der Waals surface area (Å²) in [4.78, 5) is 0. The Morgan fingerprint density at radius 2 is 1.94 bits per heavy atom. The van der Waals surface area contributed by atoms with Crippen LogP contribution in [0, 0.1) is 0 Å². The van der Waals surface area contributed by atoms with Crippen molar-refractivity contribution in [2.45, 2.75) is 19.9 Å². The van der Waals surface area contributed by atoms with E-state index in [-0.39, 0.29) is 11.5 Å². The van der Waals surface area contributed by atoms with Crippen LogP contribution in [-0.2, 0) is 6.54 Å². The zero-order chi connectivity index (χ0) is 12.0. The lowest BCUT2D eigenvalue weighted by Gasteiger charge is -2.08. The number of nitrogens with one attached hydrogen (secondary N) is 1. The smallest absolute Gasteiger partial charge is 0.200 e. The van der Waals surface area contributed by atoms with Crippen LogP contribution in [-0.4, -0.2) is 21.9 Å². The van der Waals surface area contributed by atoms with E-state index in [4.69, 9.17) is 5.11 Å². The number of benzene rings is 1. The zero-order valence-electron chi connectivity index (χ0n) is 9.27. The van der Waals surface area contributed by atoms with Crippen molar-refractivity contribution in [3.05, 3.63) is 29.8 Å². The Morgan fingerprint density at radius 1 is 1.19 bits per heavy atom. The maximum Gasteiger partial charge on any atom is 0.200 e. The molecule has 0 heterocycles. The predicted molar refractivity (Wildman–Crippen MR) is 62.6 cm³/mol. The van der Waals surface area contributed by atoms with Crippen LogP contribution in [0.3, 0.4) is 0 Å². The fourth-order valence-electron chi connectivity index (χ4n) is 1.33. The first-order valence-corrected chi connectivity index (χ1v) is 5.21. The summed E-state index contributed by atoms with van der Waals surface area (Å²) in [5.41, 5.74) is 0.566. The number of phenolic OH excluding ortho intramolecular Hbond substituents is 3. The highest BCUT2D eigenvalue weighted by Crippen LogP contribution is 2.36. The molecule has 16 heavy (non-hydrogen) atoms. The van der Waals surface area contributed by atoms with E-state index in [0.717, 1.165) is 13.0 Å². The minimum Gasteiger partial charge on any atom is -0.504 e. The Balaban J connectivity index is 2.51. The monoisotopic (exact) mass is 223 g/mol. The van der Waals surface area contributed by atoms with E-state index in [1.807, 2.05) is 19.1 Å². The van der Waals surface area contributed by atoms with Gasteiger partial charge in [0.05, 0.1) is 0 Å². The molecule has 0 radical (unpaired) electrons. The summed E-state index contributed by atoms with van der Waals surface area (Å²) in [5.74, 6) is -1.04. The first-order chi connectivity index (χ1) is 7.66. The van der Waals surface area contributed by atoms with E-state index in [2.05, 4.69) is 5.32 Å². The Kier molecular flexibility index (Phi) is 4.66. The van der Waals surface area contributed by atoms with E-state index in [0.29, 0.717) is 12.1 Å². The van der Waals surface area contributed by atoms with Gasteiger partial charge in [-0.3, -0.25) is 0 Å². The highest BCUT2D eigenvalue weighted by molar-refractivity contribution is 5.52. The van der Waals surface area contributed by atoms with Crippen LogP contribution in [0.1, 0.15) is 18.9 Å². The Bertz CT molecular complexity index is 375. The average Bonchev–Trinajstić information content (AvgIpc) is 2.28. The lowest BCUT2D eigenvalue weighted by Crippen LogP contribution is -2.14. The predicted octanol–water partition coefficient (Wildman–Crippen LogP) is 1.86. The third-order valence-electron chi connectivity index (χ3n) is 2.25. The van der Waals surface area contributed by atoms with Crippen molar-refractivity contribution < 1.29 is 15.3 Å². The number of hydrogen-bond donors (Lipinski definition) is 4. The molecular weight excluding hydrogens is 206 g/mol. The second kappa shape index (κ2) is 6.02. The van der Waals surface area contributed by atoms with Crippen LogP contribution in [0.5, 0.6) is 17.2 Å². The molecule has 1 aromatic rings. The molecule has 0 atom stereocenters. The van der Waals surface area contributed by atoms with E-state index in [1.165, 1.54) is 6.07 Å². The molecule has 0 aliphatic carbocycles. The van der Waals surface area contributed by atoms with E-state index >= 15 is 0 Å². The van der Waals surface area contributed by atoms with Crippen LogP contribution >= 0.6 is 0 Å². The van der Waals surface area contributed by atoms with Crippen molar-refractivity contribution >= 4 is 0 Å². The van der Waals surface area contributed by atoms with Gasteiger partial charge in [0.2, 0.25) is 5.75 Å². The Hall–Kier alpha value is -1.68. The van der Waals surface area contributed by atoms with Crippen LogP contribution in [0.4, 0.5) is 0 Å². The van der Waals surface area contributed by atoms with Gasteiger partial charge in [-0.05, 0) is 26.0 Å². The summed E-state index contributed by atoms with van der Waals surface area (Å²) >= 11 is 0. The molecule has 0 unspecified atom stereocenters. The molecule has 0 saturated carbocycles. The highest BCUT2D eigenvalue weighted by atomic mass is 16.3. The zero-order valence-corrected chi connectivity index (χ0v) is 9.27. The molecule has 0 fully saturated rings. The fraction of sp³-hybridized carbons (Fsp3) is 0.333. The van der Waals surface area contributed by atoms with Crippen LogP contribution in [0.2, 0.25) is 0 Å². The van der Waals surface area contributed by atoms with Gasteiger partial charge in [0.1, 0.15) is 0 Å². The summed E-state index contributed by atoms with van der Waals surface area (Å²) in [6, 6.07) is 2.94. The first-order valence-electron chi connectivity index (χ1n) is 5.21. The van der Waals surface area contributed by atoms with Gasteiger partial charge in [-0.2, -0.15) is 0 Å². The summed E-state index contributed by atoms with van der Waals surface area (Å²) in [6.45, 7) is 3.21. The molecule has 0 spiro atoms. The summed E-state index contributed by atoms with van der Waals surface area (Å²) in [7, 11) is 0. The second-order valence-electron chi connectivity index (χ2n) is 3.48. The number of phenols is 3. The van der Waals surface area contributed by atoms with Gasteiger partial charge in [-0.15, -0.1) is 0 Å². The van der Waals surface area contributed by atoms with Crippen molar-refractivity contribution in [2.75, 3.05) is 6.54 Å². The van der Waals surface area contributed by atoms with Gasteiger partial charge in [-0.1, -0.05) is 18.2 Å². The van der Waals surface area contributed by atoms with Crippen molar-refractivity contribution in [3.8, 4) is 17.2 Å². The summed E-state index contributed by atoms with van der Waals surface area (Å²) in [5, 5.41) is 31.1. The molecule has 0 saturated heterocycles. The number of aromatic hydroxyl groups is 3. The highest BCUT2D eigenvalue weighted by Gasteiger charge is 2.09. The second-order valence-corrected chi connectivity index (χ2v) is 3.48. The standard InChI is InChI=1S/C12H17NO3/c1-2-3-4-7-13-8-9-5-6-10(14)12(16)11(9)15/h2-3,5-6,13-16H,4,7-8H2,1H3/b3-2+.